The zero-order valence-corrected chi connectivity index (χ0v) is 22.2. The number of pyridine rings is 1. The van der Waals surface area contributed by atoms with E-state index < -0.39 is 26.8 Å². The highest BCUT2D eigenvalue weighted by molar-refractivity contribution is 7.92. The summed E-state index contributed by atoms with van der Waals surface area (Å²) in [6.07, 6.45) is 0.352. The summed E-state index contributed by atoms with van der Waals surface area (Å²) >= 11 is 5.68. The molecule has 0 aliphatic carbocycles. The molecular weight excluding hydrogens is 551 g/mol. The maximum atomic E-state index is 13.3. The topological polar surface area (TPSA) is 79.4 Å². The van der Waals surface area contributed by atoms with Crippen molar-refractivity contribution in [2.45, 2.75) is 19.1 Å². The Morgan fingerprint density at radius 2 is 1.49 bits per heavy atom. The number of sulfonamides is 1. The number of nitrogens with one attached hydrogen (secondary N) is 1. The minimum absolute atomic E-state index is 0.177. The quantitative estimate of drug-likeness (QED) is 0.259. The van der Waals surface area contributed by atoms with Crippen LogP contribution in [0, 0.1) is 0 Å². The van der Waals surface area contributed by atoms with Crippen LogP contribution in [0.5, 0.6) is 0 Å². The van der Waals surface area contributed by atoms with Crippen LogP contribution in [-0.4, -0.2) is 25.6 Å². The Morgan fingerprint density at radius 3 is 2.08 bits per heavy atom. The van der Waals surface area contributed by atoms with E-state index in [4.69, 9.17) is 11.6 Å². The summed E-state index contributed by atoms with van der Waals surface area (Å²) < 4.78 is 65.6. The number of alkyl halides is 3. The first-order valence-electron chi connectivity index (χ1n) is 11.6. The number of nitrogens with zero attached hydrogens (tertiary/aromatic N) is 2. The van der Waals surface area contributed by atoms with Crippen LogP contribution in [-0.2, 0) is 29.2 Å². The Bertz CT molecular complexity index is 1560. The van der Waals surface area contributed by atoms with Crippen molar-refractivity contribution < 1.29 is 26.4 Å². The van der Waals surface area contributed by atoms with Crippen molar-refractivity contribution >= 4 is 38.9 Å². The minimum Gasteiger partial charge on any atom is -0.322 e. The summed E-state index contributed by atoms with van der Waals surface area (Å²) in [4.78, 5) is 16.7. The summed E-state index contributed by atoms with van der Waals surface area (Å²) in [5.41, 5.74) is 2.29. The lowest BCUT2D eigenvalue weighted by Gasteiger charge is -2.24. The third kappa shape index (κ3) is 7.36. The largest absolute Gasteiger partial charge is 0.417 e. The van der Waals surface area contributed by atoms with Gasteiger partial charge in [-0.25, -0.2) is 8.42 Å². The minimum atomic E-state index is -4.74. The molecule has 0 unspecified atom stereocenters. The monoisotopic (exact) mass is 573 g/mol. The van der Waals surface area contributed by atoms with Gasteiger partial charge >= 0.3 is 6.18 Å². The molecule has 0 atom stereocenters. The molecule has 0 spiro atoms. The van der Waals surface area contributed by atoms with Gasteiger partial charge in [0.25, 0.3) is 5.91 Å². The first-order chi connectivity index (χ1) is 18.4. The van der Waals surface area contributed by atoms with Gasteiger partial charge in [0.15, 0.2) is 0 Å². The van der Waals surface area contributed by atoms with Crippen molar-refractivity contribution in [1.82, 2.24) is 4.98 Å². The van der Waals surface area contributed by atoms with E-state index in [0.717, 1.165) is 34.2 Å². The number of anilines is 2. The normalized spacial score (nSPS) is 11.7. The fraction of sp³-hybridized carbons (Fsp3) is 0.143. The van der Waals surface area contributed by atoms with Crippen molar-refractivity contribution in [3.8, 4) is 0 Å². The maximum absolute atomic E-state index is 13.3. The van der Waals surface area contributed by atoms with E-state index >= 15 is 0 Å². The van der Waals surface area contributed by atoms with Crippen LogP contribution in [0.3, 0.4) is 0 Å². The van der Waals surface area contributed by atoms with Crippen molar-refractivity contribution in [1.29, 1.82) is 0 Å². The third-order valence-electron chi connectivity index (χ3n) is 5.86. The second kappa shape index (κ2) is 11.5. The SMILES string of the molecule is CS(=O)(=O)N(Cc1ccc(C(=O)Nc2ccc(Cc3ccncc3)cc2)cc1)c1ccc(Cl)c(C(F)(F)F)c1. The molecule has 0 fully saturated rings. The first-order valence-corrected chi connectivity index (χ1v) is 13.9. The molecule has 3 aromatic carbocycles. The van der Waals surface area contributed by atoms with Gasteiger partial charge in [0.2, 0.25) is 10.0 Å². The number of amides is 1. The van der Waals surface area contributed by atoms with Crippen LogP contribution >= 0.6 is 11.6 Å². The number of carbonyl (C=O) groups is 1. The molecule has 0 aliphatic heterocycles. The number of benzene rings is 3. The molecule has 4 rings (SSSR count). The van der Waals surface area contributed by atoms with Gasteiger partial charge in [-0.3, -0.25) is 14.1 Å². The zero-order valence-electron chi connectivity index (χ0n) is 20.6. The summed E-state index contributed by atoms with van der Waals surface area (Å²) in [6, 6.07) is 20.4. The van der Waals surface area contributed by atoms with Crippen LogP contribution in [0.2, 0.25) is 5.02 Å². The van der Waals surface area contributed by atoms with Crippen LogP contribution in [0.15, 0.2) is 91.3 Å². The van der Waals surface area contributed by atoms with Crippen LogP contribution < -0.4 is 9.62 Å². The standard InChI is InChI=1S/C28H23ClF3N3O3S/c1-39(37,38)35(24-10-11-26(29)25(17-24)28(30,31)32)18-21-2-6-22(7-3-21)27(36)34-23-8-4-19(5-9-23)16-20-12-14-33-15-13-20/h2-15,17H,16,18H2,1H3,(H,34,36). The molecular formula is C28H23ClF3N3O3S. The van der Waals surface area contributed by atoms with Crippen molar-refractivity contribution in [2.75, 3.05) is 15.9 Å². The molecule has 6 nitrogen and oxygen atoms in total. The highest BCUT2D eigenvalue weighted by Gasteiger charge is 2.34. The lowest BCUT2D eigenvalue weighted by molar-refractivity contribution is -0.137. The van der Waals surface area contributed by atoms with Crippen LogP contribution in [0.25, 0.3) is 0 Å². The Morgan fingerprint density at radius 1 is 0.897 bits per heavy atom. The van der Waals surface area contributed by atoms with Gasteiger partial charge in [-0.15, -0.1) is 0 Å². The van der Waals surface area contributed by atoms with Crippen molar-refractivity contribution in [3.05, 3.63) is 124 Å². The molecule has 4 aromatic rings. The predicted molar refractivity (Wildman–Crippen MR) is 145 cm³/mol. The zero-order chi connectivity index (χ0) is 28.2. The number of hydrogen-bond acceptors (Lipinski definition) is 4. The van der Waals surface area contributed by atoms with E-state index in [0.29, 0.717) is 22.9 Å². The molecule has 39 heavy (non-hydrogen) atoms. The van der Waals surface area contributed by atoms with Crippen LogP contribution in [0.4, 0.5) is 24.5 Å². The van der Waals surface area contributed by atoms with Crippen LogP contribution in [0.1, 0.15) is 32.6 Å². The fourth-order valence-corrected chi connectivity index (χ4v) is 4.96. The Balaban J connectivity index is 1.45. The number of rotatable bonds is 8. The van der Waals surface area contributed by atoms with E-state index in [2.05, 4.69) is 10.3 Å². The Hall–Kier alpha value is -3.89. The van der Waals surface area contributed by atoms with Gasteiger partial charge in [0, 0.05) is 23.6 Å². The summed E-state index contributed by atoms with van der Waals surface area (Å²) in [5, 5.41) is 2.28. The number of carbonyl (C=O) groups excluding carboxylic acids is 1. The average molecular weight is 574 g/mol. The van der Waals surface area contributed by atoms with Crippen molar-refractivity contribution in [2.24, 2.45) is 0 Å². The molecule has 1 aromatic heterocycles. The van der Waals surface area contributed by atoms with Gasteiger partial charge in [0.05, 0.1) is 29.1 Å². The molecule has 1 heterocycles. The lowest BCUT2D eigenvalue weighted by atomic mass is 10.1. The molecule has 0 radical (unpaired) electrons. The Labute approximate surface area is 229 Å². The average Bonchev–Trinajstić information content (AvgIpc) is 2.88. The Kier molecular flexibility index (Phi) is 8.27. The number of hydrogen-bond donors (Lipinski definition) is 1. The summed E-state index contributed by atoms with van der Waals surface area (Å²) in [6.45, 7) is -0.237. The summed E-state index contributed by atoms with van der Waals surface area (Å²) in [5.74, 6) is -0.365. The number of aromatic nitrogens is 1. The highest BCUT2D eigenvalue weighted by atomic mass is 35.5. The number of halogens is 4. The van der Waals surface area contributed by atoms with E-state index in [1.807, 2.05) is 24.3 Å². The molecule has 0 aliphatic rings. The maximum Gasteiger partial charge on any atom is 0.417 e. The van der Waals surface area contributed by atoms with Gasteiger partial charge in [-0.05, 0) is 77.7 Å². The third-order valence-corrected chi connectivity index (χ3v) is 7.33. The van der Waals surface area contributed by atoms with E-state index in [1.165, 1.54) is 18.2 Å². The predicted octanol–water partition coefficient (Wildman–Crippen LogP) is 6.56. The lowest BCUT2D eigenvalue weighted by Crippen LogP contribution is -2.29. The van der Waals surface area contributed by atoms with Gasteiger partial charge < -0.3 is 5.32 Å². The van der Waals surface area contributed by atoms with Crippen molar-refractivity contribution in [3.63, 3.8) is 0 Å². The van der Waals surface area contributed by atoms with E-state index in [1.54, 1.807) is 36.7 Å². The van der Waals surface area contributed by atoms with E-state index in [9.17, 15) is 26.4 Å². The molecule has 1 N–H and O–H groups in total. The summed E-state index contributed by atoms with van der Waals surface area (Å²) in [7, 11) is -3.94. The fourth-order valence-electron chi connectivity index (χ4n) is 3.86. The van der Waals surface area contributed by atoms with Gasteiger partial charge in [-0.2, -0.15) is 13.2 Å². The van der Waals surface area contributed by atoms with Gasteiger partial charge in [-0.1, -0.05) is 35.9 Å². The molecule has 1 amide bonds. The second-order valence-electron chi connectivity index (χ2n) is 8.81. The first kappa shape index (κ1) is 28.1. The van der Waals surface area contributed by atoms with Gasteiger partial charge in [0.1, 0.15) is 0 Å². The molecule has 0 saturated carbocycles. The van der Waals surface area contributed by atoms with E-state index in [-0.39, 0.29) is 18.1 Å². The molecule has 11 heteroatoms. The molecule has 202 valence electrons. The second-order valence-corrected chi connectivity index (χ2v) is 11.1. The molecule has 0 saturated heterocycles. The highest BCUT2D eigenvalue weighted by Crippen LogP contribution is 2.37. The molecule has 0 bridgehead atoms. The smallest absolute Gasteiger partial charge is 0.322 e.